The average molecular weight is 457 g/mol. The fraction of sp³-hybridized carbons (Fsp3) is 0.174. The summed E-state index contributed by atoms with van der Waals surface area (Å²) in [6, 6.07) is 18.6. The lowest BCUT2D eigenvalue weighted by atomic mass is 10.0. The van der Waals surface area contributed by atoms with Crippen LogP contribution in [0, 0.1) is 0 Å². The number of ether oxygens (including phenoxy) is 1. The standard InChI is InChI=1S/C23H21ClN2O4S/c1-30-21-4-2-3-17(14-21)23(27)25-20-8-5-16-11-12-26(15-18(16)13-20)31(28,29)22-9-6-19(24)7-10-22/h2-10,13-14H,11-12,15H2,1H3,(H,25,27). The van der Waals surface area contributed by atoms with Crippen LogP contribution in [0.15, 0.2) is 71.6 Å². The first-order valence-corrected chi connectivity index (χ1v) is 11.5. The van der Waals surface area contributed by atoms with Crippen molar-refractivity contribution < 1.29 is 17.9 Å². The van der Waals surface area contributed by atoms with Crippen LogP contribution in [0.25, 0.3) is 0 Å². The van der Waals surface area contributed by atoms with Crippen LogP contribution in [-0.4, -0.2) is 32.3 Å². The first-order valence-electron chi connectivity index (χ1n) is 9.70. The van der Waals surface area contributed by atoms with Crippen LogP contribution < -0.4 is 10.1 Å². The van der Waals surface area contributed by atoms with Crippen molar-refractivity contribution in [2.45, 2.75) is 17.9 Å². The largest absolute Gasteiger partial charge is 0.497 e. The van der Waals surface area contributed by atoms with Gasteiger partial charge in [-0.2, -0.15) is 4.31 Å². The van der Waals surface area contributed by atoms with Crippen molar-refractivity contribution in [2.75, 3.05) is 19.0 Å². The molecule has 0 bridgehead atoms. The predicted octanol–water partition coefficient (Wildman–Crippen LogP) is 4.35. The van der Waals surface area contributed by atoms with Crippen molar-refractivity contribution in [2.24, 2.45) is 0 Å². The number of benzene rings is 3. The van der Waals surface area contributed by atoms with E-state index in [9.17, 15) is 13.2 Å². The van der Waals surface area contributed by atoms with Crippen LogP contribution in [-0.2, 0) is 23.0 Å². The molecule has 3 aromatic rings. The van der Waals surface area contributed by atoms with Crippen LogP contribution in [0.3, 0.4) is 0 Å². The predicted molar refractivity (Wildman–Crippen MR) is 120 cm³/mol. The second-order valence-corrected chi connectivity index (χ2v) is 9.59. The summed E-state index contributed by atoms with van der Waals surface area (Å²) in [6.45, 7) is 0.636. The second kappa shape index (κ2) is 8.70. The number of fused-ring (bicyclic) bond motifs is 1. The fourth-order valence-corrected chi connectivity index (χ4v) is 5.08. The molecule has 1 aliphatic heterocycles. The van der Waals surface area contributed by atoms with E-state index >= 15 is 0 Å². The molecule has 0 atom stereocenters. The Hall–Kier alpha value is -2.87. The molecule has 0 saturated carbocycles. The van der Waals surface area contributed by atoms with Gasteiger partial charge in [-0.15, -0.1) is 0 Å². The Labute approximate surface area is 186 Å². The van der Waals surface area contributed by atoms with Crippen LogP contribution in [0.4, 0.5) is 5.69 Å². The van der Waals surface area contributed by atoms with Gasteiger partial charge in [0.25, 0.3) is 5.91 Å². The smallest absolute Gasteiger partial charge is 0.255 e. The molecule has 1 N–H and O–H groups in total. The van der Waals surface area contributed by atoms with Crippen molar-refractivity contribution in [1.82, 2.24) is 4.31 Å². The monoisotopic (exact) mass is 456 g/mol. The molecule has 0 aromatic heterocycles. The number of amides is 1. The molecular weight excluding hydrogens is 436 g/mol. The number of anilines is 1. The first kappa shape index (κ1) is 21.4. The van der Waals surface area contributed by atoms with Gasteiger partial charge in [-0.1, -0.05) is 23.7 Å². The molecular formula is C23H21ClN2O4S. The highest BCUT2D eigenvalue weighted by Gasteiger charge is 2.28. The number of nitrogens with one attached hydrogen (secondary N) is 1. The molecule has 0 fully saturated rings. The highest BCUT2D eigenvalue weighted by molar-refractivity contribution is 7.89. The second-order valence-electron chi connectivity index (χ2n) is 7.21. The van der Waals surface area contributed by atoms with E-state index in [1.54, 1.807) is 43.5 Å². The SMILES string of the molecule is COc1cccc(C(=O)Nc2ccc3c(c2)CN(S(=O)(=O)c2ccc(Cl)cc2)CC3)c1. The summed E-state index contributed by atoms with van der Waals surface area (Å²) >= 11 is 5.88. The lowest BCUT2D eigenvalue weighted by molar-refractivity contribution is 0.102. The molecule has 0 saturated heterocycles. The molecule has 6 nitrogen and oxygen atoms in total. The number of carbonyl (C=O) groups is 1. The lowest BCUT2D eigenvalue weighted by Crippen LogP contribution is -2.36. The zero-order valence-corrected chi connectivity index (χ0v) is 18.4. The van der Waals surface area contributed by atoms with E-state index in [0.717, 1.165) is 11.1 Å². The number of sulfonamides is 1. The lowest BCUT2D eigenvalue weighted by Gasteiger charge is -2.28. The van der Waals surface area contributed by atoms with Gasteiger partial charge in [-0.25, -0.2) is 8.42 Å². The Morgan fingerprint density at radius 1 is 1.03 bits per heavy atom. The van der Waals surface area contributed by atoms with Crippen LogP contribution in [0.5, 0.6) is 5.75 Å². The molecule has 3 aromatic carbocycles. The summed E-state index contributed by atoms with van der Waals surface area (Å²) in [7, 11) is -2.09. The topological polar surface area (TPSA) is 75.7 Å². The Balaban J connectivity index is 1.54. The summed E-state index contributed by atoms with van der Waals surface area (Å²) < 4.78 is 32.7. The Bertz CT molecular complexity index is 1230. The van der Waals surface area contributed by atoms with Gasteiger partial charge in [-0.3, -0.25) is 4.79 Å². The van der Waals surface area contributed by atoms with Crippen LogP contribution in [0.2, 0.25) is 5.02 Å². The van der Waals surface area contributed by atoms with Crippen LogP contribution >= 0.6 is 11.6 Å². The third-order valence-corrected chi connectivity index (χ3v) is 7.34. The maximum Gasteiger partial charge on any atom is 0.255 e. The maximum atomic E-state index is 13.0. The Morgan fingerprint density at radius 3 is 2.55 bits per heavy atom. The summed E-state index contributed by atoms with van der Waals surface area (Å²) in [5.74, 6) is 0.335. The van der Waals surface area contributed by atoms with Gasteiger partial charge >= 0.3 is 0 Å². The molecule has 0 radical (unpaired) electrons. The zero-order valence-electron chi connectivity index (χ0n) is 16.8. The summed E-state index contributed by atoms with van der Waals surface area (Å²) in [4.78, 5) is 12.8. The maximum absolute atomic E-state index is 13.0. The van der Waals surface area contributed by atoms with Crippen molar-refractivity contribution in [3.8, 4) is 5.75 Å². The van der Waals surface area contributed by atoms with Gasteiger partial charge in [0.05, 0.1) is 12.0 Å². The number of carbonyl (C=O) groups excluding carboxylic acids is 1. The molecule has 0 aliphatic carbocycles. The molecule has 4 rings (SSSR count). The number of halogens is 1. The van der Waals surface area contributed by atoms with E-state index in [-0.39, 0.29) is 17.3 Å². The van der Waals surface area contributed by atoms with Gasteiger partial charge in [0, 0.05) is 29.4 Å². The minimum absolute atomic E-state index is 0.211. The molecule has 1 amide bonds. The number of methoxy groups -OCH3 is 1. The van der Waals surface area contributed by atoms with Gasteiger partial charge in [0.1, 0.15) is 5.75 Å². The van der Waals surface area contributed by atoms with Crippen molar-refractivity contribution in [1.29, 1.82) is 0 Å². The van der Waals surface area contributed by atoms with E-state index in [1.165, 1.54) is 16.4 Å². The van der Waals surface area contributed by atoms with E-state index in [4.69, 9.17) is 16.3 Å². The summed E-state index contributed by atoms with van der Waals surface area (Å²) in [6.07, 6.45) is 0.603. The minimum Gasteiger partial charge on any atom is -0.497 e. The molecule has 0 spiro atoms. The molecule has 1 heterocycles. The van der Waals surface area contributed by atoms with E-state index in [2.05, 4.69) is 5.32 Å². The van der Waals surface area contributed by atoms with E-state index < -0.39 is 10.0 Å². The van der Waals surface area contributed by atoms with Crippen LogP contribution in [0.1, 0.15) is 21.5 Å². The normalized spacial score (nSPS) is 14.0. The Kier molecular flexibility index (Phi) is 6.00. The van der Waals surface area contributed by atoms with Gasteiger partial charge in [0.2, 0.25) is 10.0 Å². The minimum atomic E-state index is -3.63. The molecule has 31 heavy (non-hydrogen) atoms. The third kappa shape index (κ3) is 4.58. The fourth-order valence-electron chi connectivity index (χ4n) is 3.54. The highest BCUT2D eigenvalue weighted by Crippen LogP contribution is 2.28. The molecule has 8 heteroatoms. The van der Waals surface area contributed by atoms with Crippen molar-refractivity contribution in [3.05, 3.63) is 88.4 Å². The Morgan fingerprint density at radius 2 is 1.81 bits per heavy atom. The molecule has 1 aliphatic rings. The van der Waals surface area contributed by atoms with Crippen molar-refractivity contribution in [3.63, 3.8) is 0 Å². The number of hydrogen-bond acceptors (Lipinski definition) is 4. The number of rotatable bonds is 5. The summed E-state index contributed by atoms with van der Waals surface area (Å²) in [5.41, 5.74) is 3.02. The van der Waals surface area contributed by atoms with Gasteiger partial charge < -0.3 is 10.1 Å². The third-order valence-electron chi connectivity index (χ3n) is 5.22. The molecule has 160 valence electrons. The quantitative estimate of drug-likeness (QED) is 0.619. The van der Waals surface area contributed by atoms with E-state index in [0.29, 0.717) is 35.0 Å². The molecule has 0 unspecified atom stereocenters. The highest BCUT2D eigenvalue weighted by atomic mass is 35.5. The summed E-state index contributed by atoms with van der Waals surface area (Å²) in [5, 5.41) is 3.36. The number of hydrogen-bond donors (Lipinski definition) is 1. The number of nitrogens with zero attached hydrogens (tertiary/aromatic N) is 1. The average Bonchev–Trinajstić information content (AvgIpc) is 2.79. The van der Waals surface area contributed by atoms with Gasteiger partial charge in [-0.05, 0) is 72.1 Å². The van der Waals surface area contributed by atoms with Crippen molar-refractivity contribution >= 4 is 33.2 Å². The van der Waals surface area contributed by atoms with Gasteiger partial charge in [0.15, 0.2) is 0 Å². The first-order chi connectivity index (χ1) is 14.9. The van der Waals surface area contributed by atoms with E-state index in [1.807, 2.05) is 18.2 Å². The zero-order chi connectivity index (χ0) is 22.0.